The number of aryl methyl sites for hydroxylation is 1. The lowest BCUT2D eigenvalue weighted by atomic mass is 10.1. The number of nitro groups is 1. The Morgan fingerprint density at radius 1 is 1.12 bits per heavy atom. The number of nitrogens with zero attached hydrogens (tertiary/aromatic N) is 3. The van der Waals surface area contributed by atoms with E-state index in [-0.39, 0.29) is 24.2 Å². The summed E-state index contributed by atoms with van der Waals surface area (Å²) < 4.78 is 12.3. The summed E-state index contributed by atoms with van der Waals surface area (Å²) in [6.45, 7) is 5.60. The standard InChI is InChI=1S/C24H27N3O7/c1-15(14-32-4)33-24(29)6-5-11-26-22-9-7-18(16(2)25-34-17(3)28)12-20(22)21-13-19(27(30)31)8-10-23(21)26/h7-10,12-13,15H,5-6,11,14H2,1-4H3. The number of nitro benzene ring substituents is 1. The summed E-state index contributed by atoms with van der Waals surface area (Å²) >= 11 is 0. The molecule has 0 spiro atoms. The van der Waals surface area contributed by atoms with Crippen molar-refractivity contribution >= 4 is 45.1 Å². The van der Waals surface area contributed by atoms with Gasteiger partial charge in [-0.25, -0.2) is 4.79 Å². The van der Waals surface area contributed by atoms with Gasteiger partial charge in [0.25, 0.3) is 5.69 Å². The second-order valence-electron chi connectivity index (χ2n) is 7.96. The third-order valence-electron chi connectivity index (χ3n) is 5.28. The zero-order valence-corrected chi connectivity index (χ0v) is 19.6. The van der Waals surface area contributed by atoms with Crippen LogP contribution in [-0.4, -0.2) is 47.0 Å². The number of rotatable bonds is 10. The molecule has 10 nitrogen and oxygen atoms in total. The van der Waals surface area contributed by atoms with Gasteiger partial charge in [0, 0.05) is 60.9 Å². The molecule has 0 saturated heterocycles. The number of esters is 1. The van der Waals surface area contributed by atoms with Crippen molar-refractivity contribution in [3.8, 4) is 0 Å². The van der Waals surface area contributed by atoms with Gasteiger partial charge >= 0.3 is 11.9 Å². The highest BCUT2D eigenvalue weighted by molar-refractivity contribution is 6.12. The Hall–Kier alpha value is -3.79. The molecule has 0 fully saturated rings. The lowest BCUT2D eigenvalue weighted by Crippen LogP contribution is -2.19. The van der Waals surface area contributed by atoms with Gasteiger partial charge in [0.2, 0.25) is 0 Å². The molecular weight excluding hydrogens is 442 g/mol. The average molecular weight is 469 g/mol. The van der Waals surface area contributed by atoms with Crippen molar-refractivity contribution in [1.82, 2.24) is 4.57 Å². The summed E-state index contributed by atoms with van der Waals surface area (Å²) in [4.78, 5) is 38.9. The van der Waals surface area contributed by atoms with E-state index in [1.54, 1.807) is 27.0 Å². The third kappa shape index (κ3) is 5.76. The summed E-state index contributed by atoms with van der Waals surface area (Å²) in [7, 11) is 1.55. The van der Waals surface area contributed by atoms with Crippen molar-refractivity contribution in [3.05, 3.63) is 52.1 Å². The molecule has 0 amide bonds. The van der Waals surface area contributed by atoms with E-state index < -0.39 is 10.9 Å². The van der Waals surface area contributed by atoms with E-state index in [0.29, 0.717) is 30.7 Å². The number of aromatic nitrogens is 1. The number of benzene rings is 2. The van der Waals surface area contributed by atoms with Crippen LogP contribution < -0.4 is 0 Å². The number of oxime groups is 1. The minimum atomic E-state index is -0.525. The van der Waals surface area contributed by atoms with Crippen LogP contribution in [0.4, 0.5) is 5.69 Å². The maximum absolute atomic E-state index is 12.1. The molecule has 1 heterocycles. The number of ether oxygens (including phenoxy) is 2. The van der Waals surface area contributed by atoms with Crippen molar-refractivity contribution in [1.29, 1.82) is 0 Å². The van der Waals surface area contributed by atoms with Gasteiger partial charge in [0.05, 0.1) is 17.2 Å². The SMILES string of the molecule is COCC(C)OC(=O)CCCn1c2ccc(C(C)=NOC(C)=O)cc2c2cc([N+](=O)[O-])ccc21. The first-order valence-corrected chi connectivity index (χ1v) is 10.8. The van der Waals surface area contributed by atoms with Crippen LogP contribution in [0.15, 0.2) is 41.6 Å². The van der Waals surface area contributed by atoms with Gasteiger partial charge in [-0.05, 0) is 44.0 Å². The van der Waals surface area contributed by atoms with Gasteiger partial charge in [-0.2, -0.15) is 0 Å². The van der Waals surface area contributed by atoms with Gasteiger partial charge in [-0.15, -0.1) is 0 Å². The number of hydrogen-bond donors (Lipinski definition) is 0. The molecule has 1 atom stereocenters. The fraction of sp³-hybridized carbons (Fsp3) is 0.375. The van der Waals surface area contributed by atoms with E-state index in [1.165, 1.54) is 19.1 Å². The Balaban J connectivity index is 1.95. The van der Waals surface area contributed by atoms with E-state index in [2.05, 4.69) is 5.16 Å². The summed E-state index contributed by atoms with van der Waals surface area (Å²) in [5, 5.41) is 16.7. The predicted octanol–water partition coefficient (Wildman–Crippen LogP) is 4.35. The maximum atomic E-state index is 12.1. The smallest absolute Gasteiger partial charge is 0.331 e. The highest BCUT2D eigenvalue weighted by atomic mass is 16.7. The van der Waals surface area contributed by atoms with E-state index in [1.807, 2.05) is 22.8 Å². The van der Waals surface area contributed by atoms with Crippen LogP contribution in [0.3, 0.4) is 0 Å². The van der Waals surface area contributed by atoms with Gasteiger partial charge in [0.15, 0.2) is 0 Å². The second-order valence-corrected chi connectivity index (χ2v) is 7.96. The largest absolute Gasteiger partial charge is 0.460 e. The minimum Gasteiger partial charge on any atom is -0.460 e. The molecule has 2 aromatic carbocycles. The molecule has 180 valence electrons. The summed E-state index contributed by atoms with van der Waals surface area (Å²) in [5.74, 6) is -0.830. The Morgan fingerprint density at radius 3 is 2.44 bits per heavy atom. The molecule has 0 saturated carbocycles. The van der Waals surface area contributed by atoms with Crippen molar-refractivity contribution in [2.75, 3.05) is 13.7 Å². The fourth-order valence-corrected chi connectivity index (χ4v) is 3.79. The molecule has 10 heteroatoms. The van der Waals surface area contributed by atoms with Crippen LogP contribution in [0.25, 0.3) is 21.8 Å². The van der Waals surface area contributed by atoms with Gasteiger partial charge in [-0.1, -0.05) is 11.2 Å². The van der Waals surface area contributed by atoms with Crippen LogP contribution >= 0.6 is 0 Å². The Labute approximate surface area is 196 Å². The molecule has 1 unspecified atom stereocenters. The molecule has 0 aliphatic rings. The lowest BCUT2D eigenvalue weighted by Gasteiger charge is -2.12. The predicted molar refractivity (Wildman–Crippen MR) is 127 cm³/mol. The zero-order valence-electron chi connectivity index (χ0n) is 19.6. The second kappa shape index (κ2) is 10.9. The molecule has 0 aliphatic heterocycles. The number of non-ortho nitro benzene ring substituents is 1. The topological polar surface area (TPSA) is 122 Å². The molecule has 34 heavy (non-hydrogen) atoms. The highest BCUT2D eigenvalue weighted by Gasteiger charge is 2.17. The minimum absolute atomic E-state index is 0.0158. The molecular formula is C24H27N3O7. The van der Waals surface area contributed by atoms with Crippen molar-refractivity contribution in [2.45, 2.75) is 46.3 Å². The number of methoxy groups -OCH3 is 1. The van der Waals surface area contributed by atoms with E-state index in [9.17, 15) is 19.7 Å². The monoisotopic (exact) mass is 469 g/mol. The first-order valence-electron chi connectivity index (χ1n) is 10.8. The van der Waals surface area contributed by atoms with Gasteiger partial charge in [0.1, 0.15) is 6.10 Å². The van der Waals surface area contributed by atoms with Crippen LogP contribution in [0.2, 0.25) is 0 Å². The van der Waals surface area contributed by atoms with Crippen LogP contribution in [-0.2, 0) is 30.4 Å². The maximum Gasteiger partial charge on any atom is 0.331 e. The summed E-state index contributed by atoms with van der Waals surface area (Å²) in [5.41, 5.74) is 2.87. The van der Waals surface area contributed by atoms with Crippen LogP contribution in [0.5, 0.6) is 0 Å². The fourth-order valence-electron chi connectivity index (χ4n) is 3.79. The molecule has 0 bridgehead atoms. The number of fused-ring (bicyclic) bond motifs is 3. The molecule has 3 aromatic rings. The Bertz CT molecular complexity index is 1260. The first-order chi connectivity index (χ1) is 16.2. The van der Waals surface area contributed by atoms with E-state index >= 15 is 0 Å². The zero-order chi connectivity index (χ0) is 24.8. The molecule has 1 aromatic heterocycles. The van der Waals surface area contributed by atoms with Crippen molar-refractivity contribution < 1.29 is 28.8 Å². The Kier molecular flexibility index (Phi) is 7.95. The highest BCUT2D eigenvalue weighted by Crippen LogP contribution is 2.33. The van der Waals surface area contributed by atoms with Crippen LogP contribution in [0, 0.1) is 10.1 Å². The summed E-state index contributed by atoms with van der Waals surface area (Å²) in [6, 6.07) is 10.3. The number of hydrogen-bond acceptors (Lipinski definition) is 8. The van der Waals surface area contributed by atoms with Crippen molar-refractivity contribution in [2.24, 2.45) is 5.16 Å². The third-order valence-corrected chi connectivity index (χ3v) is 5.28. The van der Waals surface area contributed by atoms with Crippen molar-refractivity contribution in [3.63, 3.8) is 0 Å². The van der Waals surface area contributed by atoms with Crippen LogP contribution in [0.1, 0.15) is 39.2 Å². The first kappa shape index (κ1) is 24.8. The van der Waals surface area contributed by atoms with Gasteiger partial charge < -0.3 is 18.9 Å². The van der Waals surface area contributed by atoms with E-state index in [0.717, 1.165) is 22.0 Å². The lowest BCUT2D eigenvalue weighted by molar-refractivity contribution is -0.384. The average Bonchev–Trinajstić information content (AvgIpc) is 3.10. The Morgan fingerprint density at radius 2 is 1.79 bits per heavy atom. The molecule has 0 radical (unpaired) electrons. The molecule has 3 rings (SSSR count). The van der Waals surface area contributed by atoms with E-state index in [4.69, 9.17) is 14.3 Å². The molecule has 0 N–H and O–H groups in total. The number of carbonyl (C=O) groups is 2. The molecule has 0 aliphatic carbocycles. The van der Waals surface area contributed by atoms with Gasteiger partial charge in [-0.3, -0.25) is 14.9 Å². The summed E-state index contributed by atoms with van der Waals surface area (Å²) in [6.07, 6.45) is 0.443. The quantitative estimate of drug-likeness (QED) is 0.142. The number of carbonyl (C=O) groups excluding carboxylic acids is 2. The normalized spacial score (nSPS) is 12.6.